The molecule has 1 fully saturated rings. The predicted octanol–water partition coefficient (Wildman–Crippen LogP) is 2.52. The Morgan fingerprint density at radius 1 is 1.44 bits per heavy atom. The van der Waals surface area contributed by atoms with Gasteiger partial charge in [-0.3, -0.25) is 0 Å². The number of rotatable bonds is 4. The van der Waals surface area contributed by atoms with Gasteiger partial charge in [-0.25, -0.2) is 4.98 Å². The van der Waals surface area contributed by atoms with Gasteiger partial charge in [0.05, 0.1) is 0 Å². The van der Waals surface area contributed by atoms with Crippen LogP contribution in [0.15, 0.2) is 12.4 Å². The highest BCUT2D eigenvalue weighted by atomic mass is 15.1. The maximum atomic E-state index is 6.29. The highest BCUT2D eigenvalue weighted by molar-refractivity contribution is 4.98. The van der Waals surface area contributed by atoms with Crippen molar-refractivity contribution in [1.29, 1.82) is 0 Å². The third-order valence-corrected chi connectivity index (χ3v) is 3.68. The van der Waals surface area contributed by atoms with Crippen molar-refractivity contribution in [3.8, 4) is 0 Å². The van der Waals surface area contributed by atoms with Gasteiger partial charge in [0.1, 0.15) is 5.82 Å². The summed E-state index contributed by atoms with van der Waals surface area (Å²) in [7, 11) is 0. The van der Waals surface area contributed by atoms with Crippen LogP contribution >= 0.6 is 0 Å². The molecule has 1 aliphatic rings. The van der Waals surface area contributed by atoms with Gasteiger partial charge in [0.15, 0.2) is 0 Å². The van der Waals surface area contributed by atoms with E-state index in [-0.39, 0.29) is 0 Å². The van der Waals surface area contributed by atoms with Gasteiger partial charge in [-0.15, -0.1) is 0 Å². The topological polar surface area (TPSA) is 43.8 Å². The quantitative estimate of drug-likeness (QED) is 0.849. The second-order valence-corrected chi connectivity index (χ2v) is 5.30. The van der Waals surface area contributed by atoms with Crippen LogP contribution in [-0.2, 0) is 6.54 Å². The molecule has 1 aromatic heterocycles. The second-order valence-electron chi connectivity index (χ2n) is 5.30. The van der Waals surface area contributed by atoms with Crippen LogP contribution in [0.5, 0.6) is 0 Å². The van der Waals surface area contributed by atoms with Gasteiger partial charge in [0.25, 0.3) is 0 Å². The zero-order valence-electron chi connectivity index (χ0n) is 10.4. The van der Waals surface area contributed by atoms with E-state index in [1.54, 1.807) is 0 Å². The molecule has 1 aliphatic carbocycles. The standard InChI is InChI=1S/C13H23N3/c1-10(2)13-15-7-8-16(13)9-12(14)11-5-3-4-6-11/h7-8,10-12H,3-6,9,14H2,1-2H3. The van der Waals surface area contributed by atoms with Crippen LogP contribution in [0, 0.1) is 5.92 Å². The van der Waals surface area contributed by atoms with Crippen molar-refractivity contribution < 1.29 is 0 Å². The van der Waals surface area contributed by atoms with Gasteiger partial charge in [-0.05, 0) is 18.8 Å². The van der Waals surface area contributed by atoms with E-state index in [0.29, 0.717) is 12.0 Å². The Labute approximate surface area is 98.1 Å². The Balaban J connectivity index is 1.99. The van der Waals surface area contributed by atoms with E-state index in [4.69, 9.17) is 5.73 Å². The van der Waals surface area contributed by atoms with Crippen molar-refractivity contribution in [2.24, 2.45) is 11.7 Å². The summed E-state index contributed by atoms with van der Waals surface area (Å²) >= 11 is 0. The zero-order chi connectivity index (χ0) is 11.5. The number of hydrogen-bond donors (Lipinski definition) is 1. The maximum Gasteiger partial charge on any atom is 0.111 e. The molecule has 1 heterocycles. The van der Waals surface area contributed by atoms with E-state index in [1.807, 2.05) is 6.20 Å². The lowest BCUT2D eigenvalue weighted by atomic mass is 9.99. The van der Waals surface area contributed by atoms with Crippen molar-refractivity contribution in [2.75, 3.05) is 0 Å². The summed E-state index contributed by atoms with van der Waals surface area (Å²) in [5.41, 5.74) is 6.29. The molecule has 0 aliphatic heterocycles. The second kappa shape index (κ2) is 5.00. The molecule has 1 aromatic rings. The molecular formula is C13H23N3. The smallest absolute Gasteiger partial charge is 0.111 e. The van der Waals surface area contributed by atoms with Crippen LogP contribution in [0.2, 0.25) is 0 Å². The van der Waals surface area contributed by atoms with Crippen LogP contribution < -0.4 is 5.73 Å². The Kier molecular flexibility index (Phi) is 3.64. The lowest BCUT2D eigenvalue weighted by Gasteiger charge is -2.21. The molecule has 3 nitrogen and oxygen atoms in total. The molecule has 0 bridgehead atoms. The summed E-state index contributed by atoms with van der Waals surface area (Å²) in [5.74, 6) is 2.36. The first-order chi connectivity index (χ1) is 7.68. The number of imidazole rings is 1. The van der Waals surface area contributed by atoms with Crippen LogP contribution in [0.1, 0.15) is 51.3 Å². The molecule has 1 saturated carbocycles. The first-order valence-electron chi connectivity index (χ1n) is 6.45. The molecule has 1 atom stereocenters. The van der Waals surface area contributed by atoms with E-state index in [2.05, 4.69) is 29.6 Å². The van der Waals surface area contributed by atoms with Gasteiger partial charge in [0.2, 0.25) is 0 Å². The van der Waals surface area contributed by atoms with E-state index >= 15 is 0 Å². The lowest BCUT2D eigenvalue weighted by Crippen LogP contribution is -2.33. The maximum absolute atomic E-state index is 6.29. The summed E-state index contributed by atoms with van der Waals surface area (Å²) in [6.45, 7) is 5.29. The molecule has 0 saturated heterocycles. The third-order valence-electron chi connectivity index (χ3n) is 3.68. The van der Waals surface area contributed by atoms with Gasteiger partial charge in [-0.2, -0.15) is 0 Å². The molecule has 16 heavy (non-hydrogen) atoms. The largest absolute Gasteiger partial charge is 0.333 e. The minimum absolute atomic E-state index is 0.300. The third kappa shape index (κ3) is 2.46. The molecule has 3 heteroatoms. The number of aromatic nitrogens is 2. The normalized spacial score (nSPS) is 19.5. The SMILES string of the molecule is CC(C)c1nccn1CC(N)C1CCCC1. The Bertz CT molecular complexity index is 324. The van der Waals surface area contributed by atoms with Gasteiger partial charge in [-0.1, -0.05) is 26.7 Å². The van der Waals surface area contributed by atoms with Gasteiger partial charge < -0.3 is 10.3 Å². The van der Waals surface area contributed by atoms with Crippen molar-refractivity contribution >= 4 is 0 Å². The van der Waals surface area contributed by atoms with Gasteiger partial charge >= 0.3 is 0 Å². The van der Waals surface area contributed by atoms with Crippen molar-refractivity contribution in [1.82, 2.24) is 9.55 Å². The Hall–Kier alpha value is -0.830. The number of nitrogens with two attached hydrogens (primary N) is 1. The summed E-state index contributed by atoms with van der Waals surface area (Å²) in [4.78, 5) is 4.40. The lowest BCUT2D eigenvalue weighted by molar-refractivity contribution is 0.381. The predicted molar refractivity (Wildman–Crippen MR) is 66.2 cm³/mol. The highest BCUT2D eigenvalue weighted by Crippen LogP contribution is 2.27. The van der Waals surface area contributed by atoms with E-state index in [1.165, 1.54) is 25.7 Å². The fourth-order valence-corrected chi connectivity index (χ4v) is 2.74. The van der Waals surface area contributed by atoms with Crippen LogP contribution in [0.4, 0.5) is 0 Å². The summed E-state index contributed by atoms with van der Waals surface area (Å²) < 4.78 is 2.23. The minimum Gasteiger partial charge on any atom is -0.333 e. The van der Waals surface area contributed by atoms with Crippen molar-refractivity contribution in [3.63, 3.8) is 0 Å². The molecule has 0 amide bonds. The van der Waals surface area contributed by atoms with Crippen LogP contribution in [0.25, 0.3) is 0 Å². The minimum atomic E-state index is 0.300. The summed E-state index contributed by atoms with van der Waals surface area (Å²) in [5, 5.41) is 0. The van der Waals surface area contributed by atoms with Crippen molar-refractivity contribution in [3.05, 3.63) is 18.2 Å². The fraction of sp³-hybridized carbons (Fsp3) is 0.769. The van der Waals surface area contributed by atoms with Gasteiger partial charge in [0, 0.05) is 30.9 Å². The van der Waals surface area contributed by atoms with E-state index in [9.17, 15) is 0 Å². The first-order valence-corrected chi connectivity index (χ1v) is 6.45. The fourth-order valence-electron chi connectivity index (χ4n) is 2.74. The molecule has 2 rings (SSSR count). The number of hydrogen-bond acceptors (Lipinski definition) is 2. The van der Waals surface area contributed by atoms with E-state index in [0.717, 1.165) is 18.3 Å². The van der Waals surface area contributed by atoms with Crippen molar-refractivity contribution in [2.45, 2.75) is 58.0 Å². The molecule has 0 radical (unpaired) electrons. The average Bonchev–Trinajstić information content (AvgIpc) is 2.86. The monoisotopic (exact) mass is 221 g/mol. The Morgan fingerprint density at radius 3 is 2.75 bits per heavy atom. The molecule has 0 spiro atoms. The summed E-state index contributed by atoms with van der Waals surface area (Å²) in [6, 6.07) is 0.300. The molecule has 0 aromatic carbocycles. The molecule has 1 unspecified atom stereocenters. The van der Waals surface area contributed by atoms with E-state index < -0.39 is 0 Å². The van der Waals surface area contributed by atoms with Crippen LogP contribution in [0.3, 0.4) is 0 Å². The van der Waals surface area contributed by atoms with Crippen LogP contribution in [-0.4, -0.2) is 15.6 Å². The summed E-state index contributed by atoms with van der Waals surface area (Å²) in [6.07, 6.45) is 9.29. The average molecular weight is 221 g/mol. The highest BCUT2D eigenvalue weighted by Gasteiger charge is 2.22. The first kappa shape index (κ1) is 11.6. The molecule has 2 N–H and O–H groups in total. The molecule has 90 valence electrons. The Morgan fingerprint density at radius 2 is 2.12 bits per heavy atom. The number of nitrogens with zero attached hydrogens (tertiary/aromatic N) is 2. The molecular weight excluding hydrogens is 198 g/mol. The zero-order valence-corrected chi connectivity index (χ0v) is 10.4.